The monoisotopic (exact) mass is 598 g/mol. The van der Waals surface area contributed by atoms with E-state index in [1.165, 1.54) is 0 Å². The lowest BCUT2D eigenvalue weighted by Gasteiger charge is -2.61. The number of hydrogen-bond acceptors (Lipinski definition) is 8. The Balaban J connectivity index is 1.17. The van der Waals surface area contributed by atoms with Gasteiger partial charge in [-0.3, -0.25) is 0 Å². The number of aliphatic imine (C=N–C) groups is 1. The maximum Gasteiger partial charge on any atom is 0.343 e. The van der Waals surface area contributed by atoms with Crippen molar-refractivity contribution in [3.8, 4) is 0 Å². The maximum absolute atomic E-state index is 13.0. The van der Waals surface area contributed by atoms with Crippen molar-refractivity contribution in [1.29, 1.82) is 0 Å². The third-order valence-corrected chi connectivity index (χ3v) is 11.4. The number of nitrogens with zero attached hydrogens (tertiary/aromatic N) is 4. The Bertz CT molecular complexity index is 1560. The maximum atomic E-state index is 13.0. The Hall–Kier alpha value is -3.53. The topological polar surface area (TPSA) is 120 Å². The Morgan fingerprint density at radius 3 is 2.75 bits per heavy atom. The van der Waals surface area contributed by atoms with Crippen LogP contribution in [-0.4, -0.2) is 68.5 Å². The summed E-state index contributed by atoms with van der Waals surface area (Å²) in [4.78, 5) is 24.6. The molecule has 232 valence electrons. The minimum absolute atomic E-state index is 0.0195. The van der Waals surface area contributed by atoms with Gasteiger partial charge in [0.1, 0.15) is 5.76 Å². The van der Waals surface area contributed by atoms with E-state index in [0.717, 1.165) is 49.3 Å². The molecule has 9 nitrogen and oxygen atoms in total. The SMILES string of the molecule is C[C@]12CC[C@@H](O)[C@@](C)(CO)C1CC1=Nc3nccn3CC1C2/C=C/C1=CC(=C\c2ccc(N3CCCC3CO)cc2)/OC1=O. The van der Waals surface area contributed by atoms with Gasteiger partial charge in [-0.25, -0.2) is 14.8 Å². The summed E-state index contributed by atoms with van der Waals surface area (Å²) < 4.78 is 7.74. The largest absolute Gasteiger partial charge is 0.423 e. The van der Waals surface area contributed by atoms with Crippen molar-refractivity contribution >= 4 is 29.4 Å². The highest BCUT2D eigenvalue weighted by Gasteiger charge is 2.60. The van der Waals surface area contributed by atoms with Gasteiger partial charge in [0.2, 0.25) is 5.95 Å². The fraction of sp³-hybridized carbons (Fsp3) is 0.514. The number of cyclic esters (lactones) is 1. The molecule has 4 unspecified atom stereocenters. The number of hydrogen-bond donors (Lipinski definition) is 3. The molecule has 2 aliphatic carbocycles. The van der Waals surface area contributed by atoms with Gasteiger partial charge in [-0.15, -0.1) is 0 Å². The molecular formula is C35H42N4O5. The average Bonchev–Trinajstić information content (AvgIpc) is 3.77. The summed E-state index contributed by atoms with van der Waals surface area (Å²) in [6, 6.07) is 8.30. The van der Waals surface area contributed by atoms with Crippen molar-refractivity contribution < 1.29 is 24.9 Å². The Kier molecular flexibility index (Phi) is 7.38. The normalized spacial score (nSPS) is 35.8. The molecule has 1 aromatic carbocycles. The fourth-order valence-electron chi connectivity index (χ4n) is 8.74. The third kappa shape index (κ3) is 4.76. The lowest BCUT2D eigenvalue weighted by atomic mass is 9.45. The second-order valence-corrected chi connectivity index (χ2v) is 13.8. The van der Waals surface area contributed by atoms with Crippen molar-refractivity contribution in [2.45, 2.75) is 64.6 Å². The van der Waals surface area contributed by atoms with Crippen molar-refractivity contribution in [3.63, 3.8) is 0 Å². The highest BCUT2D eigenvalue weighted by atomic mass is 16.5. The lowest BCUT2D eigenvalue weighted by molar-refractivity contribution is -0.147. The molecule has 3 N–H and O–H groups in total. The van der Waals surface area contributed by atoms with Crippen LogP contribution in [0.4, 0.5) is 11.6 Å². The van der Waals surface area contributed by atoms with Crippen LogP contribution in [0.3, 0.4) is 0 Å². The van der Waals surface area contributed by atoms with E-state index in [2.05, 4.69) is 39.6 Å². The van der Waals surface area contributed by atoms with Crippen molar-refractivity contribution in [2.75, 3.05) is 24.7 Å². The highest BCUT2D eigenvalue weighted by Crippen LogP contribution is 2.61. The van der Waals surface area contributed by atoms with E-state index in [1.807, 2.05) is 37.4 Å². The molecule has 7 rings (SSSR count). The summed E-state index contributed by atoms with van der Waals surface area (Å²) in [7, 11) is 0. The molecule has 4 heterocycles. The number of esters is 1. The number of aliphatic hydroxyl groups is 3. The van der Waals surface area contributed by atoms with Crippen LogP contribution < -0.4 is 4.90 Å². The predicted octanol–water partition coefficient (Wildman–Crippen LogP) is 4.42. The number of carbonyl (C=O) groups excluding carboxylic acids is 1. The summed E-state index contributed by atoms with van der Waals surface area (Å²) >= 11 is 0. The number of allylic oxidation sites excluding steroid dienone is 2. The first-order chi connectivity index (χ1) is 21.2. The van der Waals surface area contributed by atoms with Gasteiger partial charge < -0.3 is 29.5 Å². The summed E-state index contributed by atoms with van der Waals surface area (Å²) in [6.45, 7) is 6.05. The standard InChI is InChI=1S/C35H42N4O5/c1-34-12-11-31(42)35(2,21-41)30(34)18-29-27(19-38-15-13-36-33(38)37-29)28(34)10-7-23-17-26(44-32(23)43)16-22-5-8-24(9-6-22)39-14-3-4-25(39)20-40/h5-10,13,15-17,25,27-28,30-31,40-42H,3-4,11-12,14,18-21H2,1-2H3/b10-7+,26-16+/t25?,27?,28?,30?,31-,34-,35+/m1/s1. The zero-order valence-corrected chi connectivity index (χ0v) is 25.5. The molecule has 2 saturated carbocycles. The van der Waals surface area contributed by atoms with Crippen LogP contribution in [0.1, 0.15) is 51.5 Å². The van der Waals surface area contributed by atoms with E-state index in [0.29, 0.717) is 30.1 Å². The predicted molar refractivity (Wildman–Crippen MR) is 168 cm³/mol. The molecule has 9 heteroatoms. The van der Waals surface area contributed by atoms with Gasteiger partial charge in [0.25, 0.3) is 0 Å². The molecule has 7 atom stereocenters. The smallest absolute Gasteiger partial charge is 0.343 e. The molecule has 44 heavy (non-hydrogen) atoms. The number of aromatic nitrogens is 2. The molecule has 5 aliphatic rings. The number of fused-ring (bicyclic) bond motifs is 3. The Morgan fingerprint density at radius 1 is 1.16 bits per heavy atom. The van der Waals surface area contributed by atoms with Gasteiger partial charge >= 0.3 is 5.97 Å². The van der Waals surface area contributed by atoms with Crippen LogP contribution in [0, 0.1) is 28.6 Å². The minimum atomic E-state index is -0.649. The first-order valence-electron chi connectivity index (χ1n) is 15.9. The minimum Gasteiger partial charge on any atom is -0.423 e. The Labute approximate surface area is 258 Å². The van der Waals surface area contributed by atoms with Crippen molar-refractivity contribution in [2.24, 2.45) is 33.6 Å². The fourth-order valence-corrected chi connectivity index (χ4v) is 8.74. The summed E-state index contributed by atoms with van der Waals surface area (Å²) in [5.74, 6) is 1.00. The lowest BCUT2D eigenvalue weighted by Crippen LogP contribution is -2.60. The molecule has 0 amide bonds. The quantitative estimate of drug-likeness (QED) is 0.421. The molecule has 1 aromatic heterocycles. The van der Waals surface area contributed by atoms with E-state index in [9.17, 15) is 20.1 Å². The zero-order chi connectivity index (χ0) is 30.6. The number of carbonyl (C=O) groups is 1. The molecule has 0 spiro atoms. The zero-order valence-electron chi connectivity index (χ0n) is 25.5. The van der Waals surface area contributed by atoms with Gasteiger partial charge in [-0.2, -0.15) is 0 Å². The number of rotatable bonds is 6. The molecule has 0 radical (unpaired) electrons. The van der Waals surface area contributed by atoms with Crippen LogP contribution in [0.5, 0.6) is 0 Å². The van der Waals surface area contributed by atoms with Gasteiger partial charge in [0.15, 0.2) is 0 Å². The number of imidazole rings is 1. The van der Waals surface area contributed by atoms with Crippen LogP contribution in [0.15, 0.2) is 71.2 Å². The summed E-state index contributed by atoms with van der Waals surface area (Å²) in [6.07, 6.45) is 15.1. The summed E-state index contributed by atoms with van der Waals surface area (Å²) in [5.41, 5.74) is 2.73. The van der Waals surface area contributed by atoms with E-state index in [-0.39, 0.29) is 48.4 Å². The molecule has 0 bridgehead atoms. The molecule has 2 aromatic rings. The summed E-state index contributed by atoms with van der Waals surface area (Å²) in [5, 5.41) is 31.3. The number of benzene rings is 1. The van der Waals surface area contributed by atoms with Crippen LogP contribution >= 0.6 is 0 Å². The van der Waals surface area contributed by atoms with Gasteiger partial charge in [-0.1, -0.05) is 38.1 Å². The van der Waals surface area contributed by atoms with Crippen LogP contribution in [0.2, 0.25) is 0 Å². The number of aliphatic hydroxyl groups excluding tert-OH is 3. The van der Waals surface area contributed by atoms with E-state index >= 15 is 0 Å². The molecule has 3 fully saturated rings. The third-order valence-electron chi connectivity index (χ3n) is 11.4. The van der Waals surface area contributed by atoms with Crippen LogP contribution in [0.25, 0.3) is 6.08 Å². The molecule has 1 saturated heterocycles. The number of ether oxygens (including phenoxy) is 1. The second-order valence-electron chi connectivity index (χ2n) is 13.8. The van der Waals surface area contributed by atoms with Crippen molar-refractivity contribution in [1.82, 2.24) is 9.55 Å². The first kappa shape index (κ1) is 29.2. The first-order valence-corrected chi connectivity index (χ1v) is 15.9. The van der Waals surface area contributed by atoms with Gasteiger partial charge in [0, 0.05) is 48.2 Å². The van der Waals surface area contributed by atoms with Gasteiger partial charge in [-0.05, 0) is 79.2 Å². The average molecular weight is 599 g/mol. The van der Waals surface area contributed by atoms with Crippen molar-refractivity contribution in [3.05, 3.63) is 71.8 Å². The van der Waals surface area contributed by atoms with E-state index < -0.39 is 11.5 Å². The van der Waals surface area contributed by atoms with E-state index in [4.69, 9.17) is 9.73 Å². The highest BCUT2D eigenvalue weighted by molar-refractivity contribution is 5.96. The molecular weight excluding hydrogens is 556 g/mol. The van der Waals surface area contributed by atoms with Gasteiger partial charge in [0.05, 0.1) is 30.9 Å². The van der Waals surface area contributed by atoms with E-state index in [1.54, 1.807) is 12.3 Å². The number of anilines is 1. The Morgan fingerprint density at radius 2 is 1.98 bits per heavy atom. The second kappa shape index (κ2) is 11.1. The molecule has 3 aliphatic heterocycles. The van der Waals surface area contributed by atoms with Crippen LogP contribution in [-0.2, 0) is 16.1 Å².